The monoisotopic (exact) mass is 409 g/mol. The van der Waals surface area contributed by atoms with Crippen molar-refractivity contribution in [3.63, 3.8) is 0 Å². The highest BCUT2D eigenvalue weighted by molar-refractivity contribution is 8.00. The normalized spacial score (nSPS) is 11.9. The van der Waals surface area contributed by atoms with Gasteiger partial charge >= 0.3 is 0 Å². The molecule has 1 aliphatic rings. The predicted molar refractivity (Wildman–Crippen MR) is 108 cm³/mol. The van der Waals surface area contributed by atoms with E-state index in [9.17, 15) is 14.0 Å². The number of carbonyl (C=O) groups is 2. The van der Waals surface area contributed by atoms with Crippen LogP contribution in [0.1, 0.15) is 20.7 Å². The molecule has 3 aromatic rings. The first-order valence-corrected chi connectivity index (χ1v) is 9.80. The number of rotatable bonds is 6. The Kier molecular flexibility index (Phi) is 5.48. The lowest BCUT2D eigenvalue weighted by atomic mass is 10.1. The van der Waals surface area contributed by atoms with Crippen LogP contribution < -0.4 is 14.8 Å². The van der Waals surface area contributed by atoms with Gasteiger partial charge in [-0.15, -0.1) is 11.8 Å². The number of ether oxygens (including phenoxy) is 2. The van der Waals surface area contributed by atoms with Gasteiger partial charge in [0, 0.05) is 21.7 Å². The lowest BCUT2D eigenvalue weighted by Crippen LogP contribution is -2.11. The lowest BCUT2D eigenvalue weighted by molar-refractivity contribution is 0.101. The van der Waals surface area contributed by atoms with Gasteiger partial charge in [0.05, 0.1) is 5.75 Å². The third-order valence-electron chi connectivity index (χ3n) is 4.26. The molecule has 146 valence electrons. The predicted octanol–water partition coefficient (Wildman–Crippen LogP) is 4.78. The Morgan fingerprint density at radius 1 is 0.931 bits per heavy atom. The summed E-state index contributed by atoms with van der Waals surface area (Å²) in [6.07, 6.45) is 0. The highest BCUT2D eigenvalue weighted by atomic mass is 32.2. The molecule has 5 nitrogen and oxygen atoms in total. The summed E-state index contributed by atoms with van der Waals surface area (Å²) < 4.78 is 23.6. The summed E-state index contributed by atoms with van der Waals surface area (Å²) in [5.41, 5.74) is 1.52. The van der Waals surface area contributed by atoms with Crippen LogP contribution in [-0.2, 0) is 0 Å². The summed E-state index contributed by atoms with van der Waals surface area (Å²) >= 11 is 1.37. The van der Waals surface area contributed by atoms with Gasteiger partial charge in [-0.3, -0.25) is 9.59 Å². The fourth-order valence-corrected chi connectivity index (χ4v) is 3.62. The Morgan fingerprint density at radius 3 is 2.52 bits per heavy atom. The number of amides is 1. The number of hydrogen-bond donors (Lipinski definition) is 1. The number of fused-ring (bicyclic) bond motifs is 1. The Bertz CT molecular complexity index is 1070. The van der Waals surface area contributed by atoms with E-state index >= 15 is 0 Å². The summed E-state index contributed by atoms with van der Waals surface area (Å²) in [5.74, 6) is 0.699. The van der Waals surface area contributed by atoms with E-state index in [0.29, 0.717) is 28.3 Å². The maximum atomic E-state index is 13.0. The number of benzene rings is 3. The van der Waals surface area contributed by atoms with Crippen molar-refractivity contribution in [1.29, 1.82) is 0 Å². The number of Topliss-reactive ketones (excluding diaryl/α,β-unsaturated/α-hetero) is 1. The third kappa shape index (κ3) is 4.57. The van der Waals surface area contributed by atoms with Crippen LogP contribution >= 0.6 is 11.8 Å². The molecule has 0 radical (unpaired) electrons. The molecule has 0 aromatic heterocycles. The van der Waals surface area contributed by atoms with Crippen LogP contribution in [0, 0.1) is 5.82 Å². The zero-order valence-corrected chi connectivity index (χ0v) is 16.0. The van der Waals surface area contributed by atoms with Crippen molar-refractivity contribution >= 4 is 29.1 Å². The molecular weight excluding hydrogens is 393 g/mol. The average Bonchev–Trinajstić information content (AvgIpc) is 3.20. The van der Waals surface area contributed by atoms with E-state index in [2.05, 4.69) is 5.32 Å². The van der Waals surface area contributed by atoms with Crippen LogP contribution in [-0.4, -0.2) is 24.2 Å². The van der Waals surface area contributed by atoms with E-state index in [-0.39, 0.29) is 24.2 Å². The molecular formula is C22H16FNO4S. The summed E-state index contributed by atoms with van der Waals surface area (Å²) in [6.45, 7) is 0.165. The molecule has 1 amide bonds. The van der Waals surface area contributed by atoms with Gasteiger partial charge in [-0.2, -0.15) is 0 Å². The molecule has 3 aromatic carbocycles. The molecule has 0 fully saturated rings. The van der Waals surface area contributed by atoms with E-state index in [4.69, 9.17) is 9.47 Å². The topological polar surface area (TPSA) is 64.6 Å². The SMILES string of the molecule is O=C(CSc1cccc(NC(=O)c2ccc(F)cc2)c1)c1ccc2c(c1)OCO2. The second-order valence-electron chi connectivity index (χ2n) is 6.27. The van der Waals surface area contributed by atoms with Gasteiger partial charge in [0.15, 0.2) is 17.3 Å². The van der Waals surface area contributed by atoms with Gasteiger partial charge in [-0.1, -0.05) is 6.07 Å². The number of halogens is 1. The summed E-state index contributed by atoms with van der Waals surface area (Å²) in [6, 6.07) is 17.7. The number of carbonyl (C=O) groups excluding carboxylic acids is 2. The van der Waals surface area contributed by atoms with Crippen LogP contribution in [0.15, 0.2) is 71.6 Å². The van der Waals surface area contributed by atoms with Crippen molar-refractivity contribution in [2.45, 2.75) is 4.90 Å². The Morgan fingerprint density at radius 2 is 1.69 bits per heavy atom. The van der Waals surface area contributed by atoms with Gasteiger partial charge in [0.1, 0.15) is 5.82 Å². The lowest BCUT2D eigenvalue weighted by Gasteiger charge is -2.08. The van der Waals surface area contributed by atoms with Crippen LogP contribution in [0.3, 0.4) is 0 Å². The molecule has 7 heteroatoms. The molecule has 29 heavy (non-hydrogen) atoms. The first kappa shape index (κ1) is 19.0. The minimum atomic E-state index is -0.396. The minimum Gasteiger partial charge on any atom is -0.454 e. The molecule has 0 bridgehead atoms. The largest absolute Gasteiger partial charge is 0.454 e. The molecule has 1 N–H and O–H groups in total. The first-order valence-electron chi connectivity index (χ1n) is 8.81. The number of ketones is 1. The first-order chi connectivity index (χ1) is 14.1. The minimum absolute atomic E-state index is 0.0333. The molecule has 1 aliphatic heterocycles. The fourth-order valence-electron chi connectivity index (χ4n) is 2.77. The van der Waals surface area contributed by atoms with Crippen molar-refractivity contribution in [2.24, 2.45) is 0 Å². The standard InChI is InChI=1S/C22H16FNO4S/c23-16-7-4-14(5-8-16)22(26)24-17-2-1-3-18(11-17)29-12-19(25)15-6-9-20-21(10-15)28-13-27-20/h1-11H,12-13H2,(H,24,26). The Hall–Kier alpha value is -3.32. The second-order valence-corrected chi connectivity index (χ2v) is 7.32. The van der Waals surface area contributed by atoms with Crippen molar-refractivity contribution in [3.05, 3.63) is 83.7 Å². The highest BCUT2D eigenvalue weighted by Gasteiger charge is 2.16. The molecule has 4 rings (SSSR count). The smallest absolute Gasteiger partial charge is 0.255 e. The summed E-state index contributed by atoms with van der Waals surface area (Å²) in [7, 11) is 0. The Labute approximate surface area is 170 Å². The van der Waals surface area contributed by atoms with Gasteiger partial charge < -0.3 is 14.8 Å². The molecule has 0 saturated heterocycles. The van der Waals surface area contributed by atoms with Crippen LogP contribution in [0.2, 0.25) is 0 Å². The Balaban J connectivity index is 1.38. The zero-order valence-electron chi connectivity index (χ0n) is 15.2. The van der Waals surface area contributed by atoms with Gasteiger partial charge in [-0.25, -0.2) is 4.39 Å². The number of hydrogen-bond acceptors (Lipinski definition) is 5. The van der Waals surface area contributed by atoms with Crippen molar-refractivity contribution < 1.29 is 23.5 Å². The molecule has 0 saturated carbocycles. The zero-order chi connectivity index (χ0) is 20.2. The fraction of sp³-hybridized carbons (Fsp3) is 0.0909. The van der Waals surface area contributed by atoms with Gasteiger partial charge in [0.25, 0.3) is 5.91 Å². The number of thioether (sulfide) groups is 1. The maximum absolute atomic E-state index is 13.0. The average molecular weight is 409 g/mol. The van der Waals surface area contributed by atoms with E-state index in [1.807, 2.05) is 6.07 Å². The van der Waals surface area contributed by atoms with Crippen molar-refractivity contribution in [1.82, 2.24) is 0 Å². The summed E-state index contributed by atoms with van der Waals surface area (Å²) in [4.78, 5) is 25.6. The summed E-state index contributed by atoms with van der Waals surface area (Å²) in [5, 5.41) is 2.78. The molecule has 0 aliphatic carbocycles. The molecule has 0 atom stereocenters. The van der Waals surface area contributed by atoms with E-state index in [1.165, 1.54) is 36.0 Å². The quantitative estimate of drug-likeness (QED) is 0.469. The van der Waals surface area contributed by atoms with E-state index in [1.54, 1.807) is 36.4 Å². The van der Waals surface area contributed by atoms with Gasteiger partial charge in [-0.05, 0) is 60.7 Å². The van der Waals surface area contributed by atoms with Crippen LogP contribution in [0.4, 0.5) is 10.1 Å². The maximum Gasteiger partial charge on any atom is 0.255 e. The number of nitrogens with one attached hydrogen (secondary N) is 1. The van der Waals surface area contributed by atoms with Crippen LogP contribution in [0.25, 0.3) is 0 Å². The van der Waals surface area contributed by atoms with Crippen molar-refractivity contribution in [2.75, 3.05) is 17.9 Å². The van der Waals surface area contributed by atoms with Crippen molar-refractivity contribution in [3.8, 4) is 11.5 Å². The number of anilines is 1. The molecule has 0 unspecified atom stereocenters. The molecule has 0 spiro atoms. The van der Waals surface area contributed by atoms with E-state index < -0.39 is 5.82 Å². The highest BCUT2D eigenvalue weighted by Crippen LogP contribution is 2.33. The van der Waals surface area contributed by atoms with E-state index in [0.717, 1.165) is 4.90 Å². The second kappa shape index (κ2) is 8.36. The molecule has 1 heterocycles. The van der Waals surface area contributed by atoms with Gasteiger partial charge in [0.2, 0.25) is 6.79 Å². The van der Waals surface area contributed by atoms with Crippen LogP contribution in [0.5, 0.6) is 11.5 Å². The third-order valence-corrected chi connectivity index (χ3v) is 5.26.